The van der Waals surface area contributed by atoms with Crippen LogP contribution in [-0.4, -0.2) is 17.6 Å². The molecule has 0 aliphatic rings. The molecule has 3 nitrogen and oxygen atoms in total. The van der Waals surface area contributed by atoms with Gasteiger partial charge in [0.2, 0.25) is 0 Å². The van der Waals surface area contributed by atoms with E-state index in [0.717, 1.165) is 0 Å². The van der Waals surface area contributed by atoms with Crippen LogP contribution in [-0.2, 0) is 4.79 Å². The summed E-state index contributed by atoms with van der Waals surface area (Å²) in [7, 11) is 0. The van der Waals surface area contributed by atoms with Crippen molar-refractivity contribution in [1.29, 1.82) is 0 Å². The fourth-order valence-corrected chi connectivity index (χ4v) is 0.271. The minimum atomic E-state index is -0.982. The maximum absolute atomic E-state index is 10.0. The molecule has 0 radical (unpaired) electrons. The second kappa shape index (κ2) is 3.72. The summed E-state index contributed by atoms with van der Waals surface area (Å²) in [5, 5.41) is 10.8. The van der Waals surface area contributed by atoms with Crippen molar-refractivity contribution >= 4 is 5.97 Å². The maximum atomic E-state index is 10.0. The van der Waals surface area contributed by atoms with Gasteiger partial charge in [0.05, 0.1) is 0 Å². The number of hydrogen-bond donors (Lipinski definition) is 2. The highest BCUT2D eigenvalue weighted by atomic mass is 16.4. The van der Waals surface area contributed by atoms with Crippen LogP contribution in [0.1, 0.15) is 0 Å². The molecule has 0 bridgehead atoms. The zero-order valence-electron chi connectivity index (χ0n) is 5.05. The van der Waals surface area contributed by atoms with Gasteiger partial charge in [-0.05, 0) is 6.20 Å². The van der Waals surface area contributed by atoms with Crippen LogP contribution in [0.25, 0.3) is 0 Å². The lowest BCUT2D eigenvalue weighted by Gasteiger charge is -1.97. The van der Waals surface area contributed by atoms with Gasteiger partial charge in [0.25, 0.3) is 0 Å². The van der Waals surface area contributed by atoms with Crippen molar-refractivity contribution in [1.82, 2.24) is 5.32 Å². The Morgan fingerprint density at radius 1 is 1.78 bits per heavy atom. The Kier molecular flexibility index (Phi) is 3.20. The highest BCUT2D eigenvalue weighted by Gasteiger charge is 1.99. The van der Waals surface area contributed by atoms with Gasteiger partial charge in [-0.25, -0.2) is 4.79 Å². The number of carboxylic acids is 1. The molecule has 0 aromatic heterocycles. The third-order valence-corrected chi connectivity index (χ3v) is 0.762. The van der Waals surface area contributed by atoms with E-state index in [1.807, 2.05) is 0 Å². The predicted octanol–water partition coefficient (Wildman–Crippen LogP) is 0.360. The molecule has 0 aromatic rings. The number of nitrogens with one attached hydrogen (secondary N) is 1. The van der Waals surface area contributed by atoms with Crippen LogP contribution in [0.3, 0.4) is 0 Å². The van der Waals surface area contributed by atoms with E-state index in [-0.39, 0.29) is 12.1 Å². The topological polar surface area (TPSA) is 49.3 Å². The summed E-state index contributed by atoms with van der Waals surface area (Å²) in [5.41, 5.74) is 0.134. The van der Waals surface area contributed by atoms with Crippen molar-refractivity contribution in [3.8, 4) is 0 Å². The minimum absolute atomic E-state index is 0.134. The van der Waals surface area contributed by atoms with Crippen LogP contribution in [0.5, 0.6) is 0 Å². The molecule has 9 heavy (non-hydrogen) atoms. The molecule has 0 atom stereocenters. The van der Waals surface area contributed by atoms with E-state index < -0.39 is 5.97 Å². The molecule has 0 aliphatic carbocycles. The number of aliphatic carboxylic acids is 1. The van der Waals surface area contributed by atoms with Gasteiger partial charge in [0.15, 0.2) is 0 Å². The lowest BCUT2D eigenvalue weighted by atomic mass is 10.3. The molecular formula is C6H9NO2. The molecule has 0 saturated carbocycles. The second-order valence-electron chi connectivity index (χ2n) is 1.49. The van der Waals surface area contributed by atoms with Crippen LogP contribution in [0.4, 0.5) is 0 Å². The molecule has 0 heterocycles. The molecule has 2 N–H and O–H groups in total. The van der Waals surface area contributed by atoms with Crippen molar-refractivity contribution in [3.63, 3.8) is 0 Å². The molecule has 0 saturated heterocycles. The average molecular weight is 127 g/mol. The summed E-state index contributed by atoms with van der Waals surface area (Å²) in [4.78, 5) is 10.0. The molecule has 0 unspecified atom stereocenters. The minimum Gasteiger partial charge on any atom is -0.478 e. The Bertz CT molecular complexity index is 140. The quantitative estimate of drug-likeness (QED) is 0.536. The van der Waals surface area contributed by atoms with Gasteiger partial charge in [-0.3, -0.25) is 0 Å². The molecule has 0 aliphatic heterocycles. The molecule has 3 heteroatoms. The summed E-state index contributed by atoms with van der Waals surface area (Å²) in [6.07, 6.45) is 1.42. The molecule has 0 spiro atoms. The Labute approximate surface area is 53.7 Å². The molecule has 0 amide bonds. The van der Waals surface area contributed by atoms with Crippen molar-refractivity contribution < 1.29 is 9.90 Å². The summed E-state index contributed by atoms with van der Waals surface area (Å²) in [5.74, 6) is -0.982. The van der Waals surface area contributed by atoms with Gasteiger partial charge in [0.1, 0.15) is 0 Å². The third-order valence-electron chi connectivity index (χ3n) is 0.762. The lowest BCUT2D eigenvalue weighted by molar-refractivity contribution is -0.132. The first-order valence-electron chi connectivity index (χ1n) is 2.44. The molecule has 50 valence electrons. The van der Waals surface area contributed by atoms with Crippen molar-refractivity contribution in [2.24, 2.45) is 0 Å². The number of rotatable bonds is 4. The van der Waals surface area contributed by atoms with Gasteiger partial charge in [-0.15, -0.1) is 0 Å². The van der Waals surface area contributed by atoms with E-state index in [9.17, 15) is 4.79 Å². The highest BCUT2D eigenvalue weighted by Crippen LogP contribution is 1.84. The van der Waals surface area contributed by atoms with Crippen molar-refractivity contribution in [3.05, 3.63) is 24.9 Å². The highest BCUT2D eigenvalue weighted by molar-refractivity contribution is 5.86. The Morgan fingerprint density at radius 2 is 2.33 bits per heavy atom. The first-order chi connectivity index (χ1) is 4.18. The normalized spacial score (nSPS) is 8.00. The monoisotopic (exact) mass is 127 g/mol. The average Bonchev–Trinajstić information content (AvgIpc) is 1.82. The first-order valence-corrected chi connectivity index (χ1v) is 2.44. The first kappa shape index (κ1) is 7.75. The van der Waals surface area contributed by atoms with E-state index in [2.05, 4.69) is 18.5 Å². The van der Waals surface area contributed by atoms with Crippen LogP contribution >= 0.6 is 0 Å². The van der Waals surface area contributed by atoms with Crippen LogP contribution < -0.4 is 5.32 Å². The molecule has 0 aromatic carbocycles. The van der Waals surface area contributed by atoms with E-state index in [4.69, 9.17) is 5.11 Å². The van der Waals surface area contributed by atoms with Crippen molar-refractivity contribution in [2.75, 3.05) is 6.54 Å². The van der Waals surface area contributed by atoms with E-state index in [0.29, 0.717) is 0 Å². The summed E-state index contributed by atoms with van der Waals surface area (Å²) in [6.45, 7) is 6.88. The van der Waals surface area contributed by atoms with Crippen LogP contribution in [0.2, 0.25) is 0 Å². The Hall–Kier alpha value is -1.25. The molecule has 0 rings (SSSR count). The van der Waals surface area contributed by atoms with Gasteiger partial charge >= 0.3 is 5.97 Å². The van der Waals surface area contributed by atoms with Gasteiger partial charge in [-0.2, -0.15) is 0 Å². The smallest absolute Gasteiger partial charge is 0.332 e. The lowest BCUT2D eigenvalue weighted by Crippen LogP contribution is -2.14. The SMILES string of the molecule is C=CNCC(=C)C(=O)O. The summed E-state index contributed by atoms with van der Waals surface area (Å²) < 4.78 is 0. The standard InChI is InChI=1S/C6H9NO2/c1-3-7-4-5(2)6(8)9/h3,7H,1-2,4H2,(H,8,9). The summed E-state index contributed by atoms with van der Waals surface area (Å²) in [6, 6.07) is 0. The van der Waals surface area contributed by atoms with E-state index in [1.54, 1.807) is 0 Å². The second-order valence-corrected chi connectivity index (χ2v) is 1.49. The number of carbonyl (C=O) groups is 1. The molecular weight excluding hydrogens is 118 g/mol. The maximum Gasteiger partial charge on any atom is 0.332 e. The van der Waals surface area contributed by atoms with E-state index in [1.165, 1.54) is 6.20 Å². The fraction of sp³-hybridized carbons (Fsp3) is 0.167. The largest absolute Gasteiger partial charge is 0.478 e. The van der Waals surface area contributed by atoms with E-state index >= 15 is 0 Å². The third kappa shape index (κ3) is 3.34. The van der Waals surface area contributed by atoms with Gasteiger partial charge < -0.3 is 10.4 Å². The van der Waals surface area contributed by atoms with Crippen molar-refractivity contribution in [2.45, 2.75) is 0 Å². The number of carboxylic acid groups (broad SMARTS) is 1. The predicted molar refractivity (Wildman–Crippen MR) is 35.0 cm³/mol. The Morgan fingerprint density at radius 3 is 2.67 bits per heavy atom. The van der Waals surface area contributed by atoms with Gasteiger partial charge in [0, 0.05) is 12.1 Å². The number of hydrogen-bond acceptors (Lipinski definition) is 2. The zero-order chi connectivity index (χ0) is 7.28. The summed E-state index contributed by atoms with van der Waals surface area (Å²) >= 11 is 0. The fourth-order valence-electron chi connectivity index (χ4n) is 0.271. The zero-order valence-corrected chi connectivity index (χ0v) is 5.05. The Balaban J connectivity index is 3.51. The molecule has 0 fully saturated rings. The van der Waals surface area contributed by atoms with Gasteiger partial charge in [-0.1, -0.05) is 13.2 Å². The van der Waals surface area contributed by atoms with Crippen LogP contribution in [0.15, 0.2) is 24.9 Å². The van der Waals surface area contributed by atoms with Crippen LogP contribution in [0, 0.1) is 0 Å².